The third-order valence-corrected chi connectivity index (χ3v) is 4.99. The van der Waals surface area contributed by atoms with Gasteiger partial charge in [-0.1, -0.05) is 74.3 Å². The standard InChI is InChI=1S/C27H36/c1-8-11-26(27-18-14-24(9-2)15-19-27)17-13-22(6)20-23(7)25(10-3)16-12-21(4)5/h2,12,14-16,18-20,26H,4,8,10-11,13,17H2,1,3,5-7H3/b16-12+,22-20+,25-23-. The summed E-state index contributed by atoms with van der Waals surface area (Å²) in [6.45, 7) is 14.9. The zero-order valence-electron chi connectivity index (χ0n) is 17.9. The summed E-state index contributed by atoms with van der Waals surface area (Å²) in [6.07, 6.45) is 17.9. The third kappa shape index (κ3) is 8.31. The van der Waals surface area contributed by atoms with Crippen molar-refractivity contribution in [1.82, 2.24) is 0 Å². The van der Waals surface area contributed by atoms with E-state index >= 15 is 0 Å². The fourth-order valence-corrected chi connectivity index (χ4v) is 3.38. The monoisotopic (exact) mass is 360 g/mol. The van der Waals surface area contributed by atoms with Crippen molar-refractivity contribution in [2.24, 2.45) is 0 Å². The van der Waals surface area contributed by atoms with Gasteiger partial charge in [0.2, 0.25) is 0 Å². The fourth-order valence-electron chi connectivity index (χ4n) is 3.38. The Hall–Kier alpha value is -2.26. The Bertz CT molecular complexity index is 729. The number of rotatable bonds is 10. The van der Waals surface area contributed by atoms with Gasteiger partial charge >= 0.3 is 0 Å². The Morgan fingerprint density at radius 3 is 2.26 bits per heavy atom. The highest BCUT2D eigenvalue weighted by Gasteiger charge is 2.11. The van der Waals surface area contributed by atoms with Crippen molar-refractivity contribution in [2.45, 2.75) is 72.6 Å². The van der Waals surface area contributed by atoms with Crippen LogP contribution in [-0.2, 0) is 0 Å². The van der Waals surface area contributed by atoms with E-state index in [1.807, 2.05) is 6.92 Å². The summed E-state index contributed by atoms with van der Waals surface area (Å²) >= 11 is 0. The minimum Gasteiger partial charge on any atom is -0.115 e. The number of allylic oxidation sites excluding steroid dienone is 7. The van der Waals surface area contributed by atoms with Crippen LogP contribution in [0.25, 0.3) is 0 Å². The van der Waals surface area contributed by atoms with Crippen LogP contribution >= 0.6 is 0 Å². The molecule has 0 radical (unpaired) electrons. The van der Waals surface area contributed by atoms with Crippen LogP contribution in [0.4, 0.5) is 0 Å². The highest BCUT2D eigenvalue weighted by molar-refractivity contribution is 5.36. The first-order chi connectivity index (χ1) is 12.9. The van der Waals surface area contributed by atoms with Crippen molar-refractivity contribution < 1.29 is 0 Å². The Morgan fingerprint density at radius 1 is 1.07 bits per heavy atom. The van der Waals surface area contributed by atoms with Crippen molar-refractivity contribution in [2.75, 3.05) is 0 Å². The Balaban J connectivity index is 2.85. The van der Waals surface area contributed by atoms with Crippen molar-refractivity contribution in [3.8, 4) is 12.3 Å². The maximum atomic E-state index is 5.48. The van der Waals surface area contributed by atoms with Crippen molar-refractivity contribution in [3.63, 3.8) is 0 Å². The average Bonchev–Trinajstić information content (AvgIpc) is 2.65. The smallest absolute Gasteiger partial charge is 0.0242 e. The molecule has 0 bridgehead atoms. The van der Waals surface area contributed by atoms with Gasteiger partial charge in [-0.2, -0.15) is 0 Å². The zero-order chi connectivity index (χ0) is 20.2. The molecule has 1 unspecified atom stereocenters. The van der Waals surface area contributed by atoms with E-state index in [0.717, 1.165) is 24.0 Å². The predicted molar refractivity (Wildman–Crippen MR) is 122 cm³/mol. The van der Waals surface area contributed by atoms with Crippen LogP contribution in [0.3, 0.4) is 0 Å². The molecule has 0 amide bonds. The second kappa shape index (κ2) is 12.2. The van der Waals surface area contributed by atoms with Crippen LogP contribution in [0.2, 0.25) is 0 Å². The van der Waals surface area contributed by atoms with Gasteiger partial charge in [0.25, 0.3) is 0 Å². The highest BCUT2D eigenvalue weighted by Crippen LogP contribution is 2.28. The van der Waals surface area contributed by atoms with Crippen molar-refractivity contribution in [3.05, 3.63) is 82.5 Å². The van der Waals surface area contributed by atoms with Crippen LogP contribution < -0.4 is 0 Å². The Morgan fingerprint density at radius 2 is 1.74 bits per heavy atom. The van der Waals surface area contributed by atoms with E-state index in [-0.39, 0.29) is 0 Å². The first-order valence-electron chi connectivity index (χ1n) is 10.2. The van der Waals surface area contributed by atoms with Crippen LogP contribution in [0.15, 0.2) is 71.4 Å². The fraction of sp³-hybridized carbons (Fsp3) is 0.407. The lowest BCUT2D eigenvalue weighted by Gasteiger charge is -2.17. The van der Waals surface area contributed by atoms with E-state index < -0.39 is 0 Å². The molecular formula is C27H36. The van der Waals surface area contributed by atoms with Crippen LogP contribution in [0.1, 0.15) is 83.8 Å². The first kappa shape index (κ1) is 22.8. The summed E-state index contributed by atoms with van der Waals surface area (Å²) in [5.74, 6) is 3.31. The van der Waals surface area contributed by atoms with E-state index in [0.29, 0.717) is 5.92 Å². The van der Waals surface area contributed by atoms with E-state index in [9.17, 15) is 0 Å². The molecule has 0 N–H and O–H groups in total. The van der Waals surface area contributed by atoms with Crippen LogP contribution in [0.5, 0.6) is 0 Å². The number of hydrogen-bond donors (Lipinski definition) is 0. The molecule has 0 nitrogen and oxygen atoms in total. The van der Waals surface area contributed by atoms with Gasteiger partial charge in [0.15, 0.2) is 0 Å². The molecule has 0 aliphatic heterocycles. The number of benzene rings is 1. The molecule has 0 aliphatic carbocycles. The second-order valence-corrected chi connectivity index (χ2v) is 7.52. The molecule has 144 valence electrons. The summed E-state index contributed by atoms with van der Waals surface area (Å²) in [5, 5.41) is 0. The summed E-state index contributed by atoms with van der Waals surface area (Å²) in [4.78, 5) is 0. The van der Waals surface area contributed by atoms with Crippen LogP contribution in [0, 0.1) is 12.3 Å². The van der Waals surface area contributed by atoms with E-state index in [4.69, 9.17) is 6.42 Å². The van der Waals surface area contributed by atoms with Gasteiger partial charge in [-0.15, -0.1) is 6.42 Å². The molecule has 1 atom stereocenters. The summed E-state index contributed by atoms with van der Waals surface area (Å²) in [5.41, 5.74) is 7.65. The van der Waals surface area contributed by atoms with Gasteiger partial charge < -0.3 is 0 Å². The largest absolute Gasteiger partial charge is 0.115 e. The van der Waals surface area contributed by atoms with Crippen LogP contribution in [-0.4, -0.2) is 0 Å². The van der Waals surface area contributed by atoms with Crippen molar-refractivity contribution in [1.29, 1.82) is 0 Å². The van der Waals surface area contributed by atoms with E-state index in [1.165, 1.54) is 41.5 Å². The molecule has 0 aromatic heterocycles. The molecule has 1 rings (SSSR count). The minimum atomic E-state index is 0.600. The molecule has 0 saturated carbocycles. The molecular weight excluding hydrogens is 324 g/mol. The Kier molecular flexibility index (Phi) is 10.3. The number of terminal acetylenes is 1. The second-order valence-electron chi connectivity index (χ2n) is 7.52. The first-order valence-corrected chi connectivity index (χ1v) is 10.2. The average molecular weight is 361 g/mol. The topological polar surface area (TPSA) is 0 Å². The van der Waals surface area contributed by atoms with Gasteiger partial charge in [0.05, 0.1) is 0 Å². The molecule has 1 aromatic rings. The number of hydrogen-bond acceptors (Lipinski definition) is 0. The van der Waals surface area contributed by atoms with Gasteiger partial charge in [-0.05, 0) is 81.2 Å². The van der Waals surface area contributed by atoms with Gasteiger partial charge in [0, 0.05) is 5.56 Å². The Labute approximate surface area is 167 Å². The highest BCUT2D eigenvalue weighted by atomic mass is 14.2. The molecule has 27 heavy (non-hydrogen) atoms. The summed E-state index contributed by atoms with van der Waals surface area (Å²) in [6, 6.07) is 8.54. The molecule has 1 aromatic carbocycles. The molecule has 0 spiro atoms. The minimum absolute atomic E-state index is 0.600. The summed E-state index contributed by atoms with van der Waals surface area (Å²) in [7, 11) is 0. The van der Waals surface area contributed by atoms with E-state index in [2.05, 4.69) is 82.7 Å². The maximum absolute atomic E-state index is 5.48. The lowest BCUT2D eigenvalue weighted by Crippen LogP contribution is -1.99. The van der Waals surface area contributed by atoms with Gasteiger partial charge in [-0.25, -0.2) is 0 Å². The predicted octanol–water partition coefficient (Wildman–Crippen LogP) is 8.14. The lowest BCUT2D eigenvalue weighted by atomic mass is 9.88. The maximum Gasteiger partial charge on any atom is 0.0242 e. The SMILES string of the molecule is C#Cc1ccc(C(CCC)CC/C(C)=C/C(C)=C(\C=C\C(=C)C)CC)cc1. The molecule has 0 aliphatic rings. The van der Waals surface area contributed by atoms with Gasteiger partial charge in [0.1, 0.15) is 0 Å². The molecule has 0 heterocycles. The molecule has 0 heteroatoms. The third-order valence-electron chi connectivity index (χ3n) is 4.99. The molecule has 0 saturated heterocycles. The molecule has 0 fully saturated rings. The van der Waals surface area contributed by atoms with E-state index in [1.54, 1.807) is 0 Å². The quantitative estimate of drug-likeness (QED) is 0.292. The van der Waals surface area contributed by atoms with Crippen molar-refractivity contribution >= 4 is 0 Å². The van der Waals surface area contributed by atoms with Gasteiger partial charge in [-0.3, -0.25) is 0 Å². The summed E-state index contributed by atoms with van der Waals surface area (Å²) < 4.78 is 0. The normalized spacial score (nSPS) is 14.0. The lowest BCUT2D eigenvalue weighted by molar-refractivity contribution is 0.567. The zero-order valence-corrected chi connectivity index (χ0v) is 17.9.